The monoisotopic (exact) mass is 418 g/mol. The molecule has 0 N–H and O–H groups in total. The fraction of sp³-hybridized carbons (Fsp3) is 0.208. The number of aromatic nitrogens is 2. The molecule has 152 valence electrons. The molecule has 0 aliphatic rings. The van der Waals surface area contributed by atoms with Crippen molar-refractivity contribution in [1.82, 2.24) is 9.55 Å². The summed E-state index contributed by atoms with van der Waals surface area (Å²) in [5, 5.41) is 0.894. The second-order valence-corrected chi connectivity index (χ2v) is 8.23. The first-order valence-corrected chi connectivity index (χ1v) is 10.6. The standard InChI is InChI=1S/C24H22N2O3S/c1-16-14-19(17(2)26(16)18-8-4-3-5-9-18)21(27)15-29-24(28)13-12-23-25-20-10-6-7-11-22(20)30-23/h3-11,14H,12-13,15H2,1-2H3. The molecule has 0 saturated heterocycles. The van der Waals surface area contributed by atoms with Crippen molar-refractivity contribution in [1.29, 1.82) is 0 Å². The van der Waals surface area contributed by atoms with Gasteiger partial charge < -0.3 is 9.30 Å². The Morgan fingerprint density at radius 2 is 1.77 bits per heavy atom. The minimum absolute atomic E-state index is 0.196. The van der Waals surface area contributed by atoms with Gasteiger partial charge in [0.05, 0.1) is 21.6 Å². The zero-order valence-electron chi connectivity index (χ0n) is 16.9. The summed E-state index contributed by atoms with van der Waals surface area (Å²) in [5.74, 6) is -0.585. The lowest BCUT2D eigenvalue weighted by atomic mass is 10.1. The molecule has 0 radical (unpaired) electrons. The van der Waals surface area contributed by atoms with Crippen LogP contribution in [0.15, 0.2) is 60.7 Å². The Balaban J connectivity index is 1.36. The molecule has 4 aromatic rings. The molecule has 4 rings (SSSR count). The minimum atomic E-state index is -0.389. The Bertz CT molecular complexity index is 1170. The fourth-order valence-electron chi connectivity index (χ4n) is 3.55. The molecule has 2 heterocycles. The third kappa shape index (κ3) is 4.19. The average Bonchev–Trinajstić information content (AvgIpc) is 3.31. The summed E-state index contributed by atoms with van der Waals surface area (Å²) >= 11 is 1.58. The van der Waals surface area contributed by atoms with Crippen molar-refractivity contribution in [3.05, 3.63) is 82.6 Å². The molecule has 0 amide bonds. The van der Waals surface area contributed by atoms with Gasteiger partial charge in [0.1, 0.15) is 0 Å². The first kappa shape index (κ1) is 20.0. The van der Waals surface area contributed by atoms with Crippen molar-refractivity contribution < 1.29 is 14.3 Å². The van der Waals surface area contributed by atoms with Crippen LogP contribution in [0.4, 0.5) is 0 Å². The van der Waals surface area contributed by atoms with E-state index in [1.165, 1.54) is 0 Å². The Labute approximate surface area is 178 Å². The van der Waals surface area contributed by atoms with Crippen molar-refractivity contribution in [3.63, 3.8) is 0 Å². The maximum atomic E-state index is 12.7. The van der Waals surface area contributed by atoms with E-state index in [9.17, 15) is 9.59 Å². The molecule has 2 aromatic carbocycles. The highest BCUT2D eigenvalue weighted by Crippen LogP contribution is 2.23. The zero-order chi connectivity index (χ0) is 21.1. The van der Waals surface area contributed by atoms with E-state index < -0.39 is 0 Å². The van der Waals surface area contributed by atoms with Crippen LogP contribution in [0.2, 0.25) is 0 Å². The van der Waals surface area contributed by atoms with Crippen molar-refractivity contribution in [2.24, 2.45) is 0 Å². The molecule has 0 atom stereocenters. The van der Waals surface area contributed by atoms with E-state index in [2.05, 4.69) is 4.98 Å². The number of ether oxygens (including phenoxy) is 1. The summed E-state index contributed by atoms with van der Waals surface area (Å²) in [5.41, 5.74) is 4.32. The average molecular weight is 419 g/mol. The Morgan fingerprint density at radius 3 is 2.53 bits per heavy atom. The van der Waals surface area contributed by atoms with E-state index in [1.54, 1.807) is 11.3 Å². The van der Waals surface area contributed by atoms with Crippen LogP contribution in [-0.4, -0.2) is 27.9 Å². The summed E-state index contributed by atoms with van der Waals surface area (Å²) in [6.45, 7) is 3.61. The van der Waals surface area contributed by atoms with Gasteiger partial charge in [-0.2, -0.15) is 0 Å². The number of nitrogens with zero attached hydrogens (tertiary/aromatic N) is 2. The third-order valence-electron chi connectivity index (χ3n) is 4.99. The summed E-state index contributed by atoms with van der Waals surface area (Å²) in [6, 6.07) is 19.6. The van der Waals surface area contributed by atoms with Crippen LogP contribution in [0.3, 0.4) is 0 Å². The molecule has 0 aliphatic carbocycles. The highest BCUT2D eigenvalue weighted by Gasteiger charge is 2.18. The summed E-state index contributed by atoms with van der Waals surface area (Å²) in [6.07, 6.45) is 0.713. The maximum absolute atomic E-state index is 12.7. The van der Waals surface area contributed by atoms with E-state index in [1.807, 2.05) is 79.1 Å². The molecule has 0 saturated carbocycles. The Morgan fingerprint density at radius 1 is 1.03 bits per heavy atom. The van der Waals surface area contributed by atoms with E-state index in [4.69, 9.17) is 4.74 Å². The van der Waals surface area contributed by atoms with Gasteiger partial charge in [-0.1, -0.05) is 30.3 Å². The Kier molecular flexibility index (Phi) is 5.77. The van der Waals surface area contributed by atoms with E-state index in [0.717, 1.165) is 32.3 Å². The number of fused-ring (bicyclic) bond motifs is 1. The Hall–Kier alpha value is -3.25. The number of Topliss-reactive ketones (excluding diaryl/α,β-unsaturated/α-hetero) is 1. The van der Waals surface area contributed by atoms with Crippen molar-refractivity contribution >= 4 is 33.3 Å². The lowest BCUT2D eigenvalue weighted by Gasteiger charge is -2.09. The van der Waals surface area contributed by atoms with Crippen LogP contribution in [0.25, 0.3) is 15.9 Å². The number of aryl methyl sites for hydroxylation is 2. The molecule has 5 nitrogen and oxygen atoms in total. The second kappa shape index (κ2) is 8.63. The normalized spacial score (nSPS) is 11.0. The van der Waals surface area contributed by atoms with E-state index in [0.29, 0.717) is 12.0 Å². The van der Waals surface area contributed by atoms with Crippen molar-refractivity contribution in [3.8, 4) is 5.69 Å². The number of hydrogen-bond acceptors (Lipinski definition) is 5. The predicted octanol–water partition coefficient (Wildman–Crippen LogP) is 5.06. The number of para-hydroxylation sites is 2. The van der Waals surface area contributed by atoms with Crippen LogP contribution in [0, 0.1) is 13.8 Å². The molecule has 6 heteroatoms. The number of benzene rings is 2. The van der Waals surface area contributed by atoms with Crippen LogP contribution < -0.4 is 0 Å². The van der Waals surface area contributed by atoms with Gasteiger partial charge in [-0.25, -0.2) is 4.98 Å². The van der Waals surface area contributed by atoms with E-state index >= 15 is 0 Å². The number of esters is 1. The first-order valence-electron chi connectivity index (χ1n) is 9.80. The van der Waals surface area contributed by atoms with Gasteiger partial charge in [0.15, 0.2) is 6.61 Å². The number of rotatable bonds is 7. The number of hydrogen-bond donors (Lipinski definition) is 0. The van der Waals surface area contributed by atoms with Crippen molar-refractivity contribution in [2.75, 3.05) is 6.61 Å². The first-order chi connectivity index (χ1) is 14.5. The highest BCUT2D eigenvalue weighted by molar-refractivity contribution is 7.18. The maximum Gasteiger partial charge on any atom is 0.306 e. The number of carbonyl (C=O) groups excluding carboxylic acids is 2. The molecule has 0 aliphatic heterocycles. The molecular weight excluding hydrogens is 396 g/mol. The van der Waals surface area contributed by atoms with Gasteiger partial charge >= 0.3 is 5.97 Å². The van der Waals surface area contributed by atoms with Gasteiger partial charge in [-0.3, -0.25) is 9.59 Å². The fourth-order valence-corrected chi connectivity index (χ4v) is 4.52. The summed E-state index contributed by atoms with van der Waals surface area (Å²) in [4.78, 5) is 29.3. The number of thiazole rings is 1. The number of carbonyl (C=O) groups is 2. The summed E-state index contributed by atoms with van der Waals surface area (Å²) < 4.78 is 8.37. The summed E-state index contributed by atoms with van der Waals surface area (Å²) in [7, 11) is 0. The molecule has 0 spiro atoms. The lowest BCUT2D eigenvalue weighted by Crippen LogP contribution is -2.15. The van der Waals surface area contributed by atoms with Crippen LogP contribution in [0.1, 0.15) is 33.2 Å². The van der Waals surface area contributed by atoms with Crippen LogP contribution in [-0.2, 0) is 16.0 Å². The predicted molar refractivity (Wildman–Crippen MR) is 118 cm³/mol. The topological polar surface area (TPSA) is 61.2 Å². The largest absolute Gasteiger partial charge is 0.457 e. The molecule has 2 aromatic heterocycles. The lowest BCUT2D eigenvalue weighted by molar-refractivity contribution is -0.142. The number of ketones is 1. The van der Waals surface area contributed by atoms with Crippen molar-refractivity contribution in [2.45, 2.75) is 26.7 Å². The molecule has 30 heavy (non-hydrogen) atoms. The molecule has 0 unspecified atom stereocenters. The molecule has 0 bridgehead atoms. The third-order valence-corrected chi connectivity index (χ3v) is 6.09. The minimum Gasteiger partial charge on any atom is -0.457 e. The molecular formula is C24H22N2O3S. The quantitative estimate of drug-likeness (QED) is 0.311. The van der Waals surface area contributed by atoms with Crippen LogP contribution >= 0.6 is 11.3 Å². The zero-order valence-corrected chi connectivity index (χ0v) is 17.7. The van der Waals surface area contributed by atoms with Gasteiger partial charge in [0.2, 0.25) is 5.78 Å². The smallest absolute Gasteiger partial charge is 0.306 e. The SMILES string of the molecule is Cc1cc(C(=O)COC(=O)CCc2nc3ccccc3s2)c(C)n1-c1ccccc1. The highest BCUT2D eigenvalue weighted by atomic mass is 32.1. The van der Waals surface area contributed by atoms with Gasteiger partial charge in [-0.05, 0) is 44.2 Å². The molecule has 0 fully saturated rings. The van der Waals surface area contributed by atoms with Gasteiger partial charge in [0, 0.05) is 29.1 Å². The van der Waals surface area contributed by atoms with Gasteiger partial charge in [0.25, 0.3) is 0 Å². The van der Waals surface area contributed by atoms with E-state index in [-0.39, 0.29) is 24.8 Å². The van der Waals surface area contributed by atoms with Gasteiger partial charge in [-0.15, -0.1) is 11.3 Å². The second-order valence-electron chi connectivity index (χ2n) is 7.11. The van der Waals surface area contributed by atoms with Crippen LogP contribution in [0.5, 0.6) is 0 Å².